The highest BCUT2D eigenvalue weighted by molar-refractivity contribution is 7.98. The molecule has 0 saturated carbocycles. The molecule has 0 atom stereocenters. The SMILES string of the molecule is CCc1c(C(=O)O)nc(SC)n1C. The second-order valence-electron chi connectivity index (χ2n) is 2.61. The number of aromatic nitrogens is 2. The van der Waals surface area contributed by atoms with E-state index in [1.54, 1.807) is 0 Å². The van der Waals surface area contributed by atoms with E-state index in [1.165, 1.54) is 11.8 Å². The minimum Gasteiger partial charge on any atom is -0.476 e. The zero-order chi connectivity index (χ0) is 10.0. The van der Waals surface area contributed by atoms with Gasteiger partial charge in [0.25, 0.3) is 0 Å². The van der Waals surface area contributed by atoms with Gasteiger partial charge in [-0.05, 0) is 12.7 Å². The van der Waals surface area contributed by atoms with Crippen molar-refractivity contribution in [2.75, 3.05) is 6.26 Å². The highest BCUT2D eigenvalue weighted by Crippen LogP contribution is 2.18. The standard InChI is InChI=1S/C8H12N2O2S/c1-4-5-6(7(11)12)9-8(13-3)10(5)2/h4H2,1-3H3,(H,11,12). The van der Waals surface area contributed by atoms with Crippen LogP contribution >= 0.6 is 11.8 Å². The van der Waals surface area contributed by atoms with Crippen LogP contribution in [0.15, 0.2) is 5.16 Å². The average Bonchev–Trinajstić information content (AvgIpc) is 2.42. The summed E-state index contributed by atoms with van der Waals surface area (Å²) in [4.78, 5) is 14.8. The molecule has 0 saturated heterocycles. The molecule has 0 unspecified atom stereocenters. The maximum Gasteiger partial charge on any atom is 0.356 e. The van der Waals surface area contributed by atoms with Crippen LogP contribution < -0.4 is 0 Å². The van der Waals surface area contributed by atoms with Gasteiger partial charge in [-0.15, -0.1) is 0 Å². The van der Waals surface area contributed by atoms with Crippen LogP contribution in [0.2, 0.25) is 0 Å². The van der Waals surface area contributed by atoms with Gasteiger partial charge in [0.15, 0.2) is 10.9 Å². The summed E-state index contributed by atoms with van der Waals surface area (Å²) < 4.78 is 1.83. The fourth-order valence-corrected chi connectivity index (χ4v) is 1.83. The molecule has 0 radical (unpaired) electrons. The molecule has 0 spiro atoms. The summed E-state index contributed by atoms with van der Waals surface area (Å²) in [6, 6.07) is 0. The molecular formula is C8H12N2O2S. The second kappa shape index (κ2) is 3.83. The third kappa shape index (κ3) is 1.70. The maximum absolute atomic E-state index is 10.8. The van der Waals surface area contributed by atoms with Crippen LogP contribution in [0.25, 0.3) is 0 Å². The summed E-state index contributed by atoms with van der Waals surface area (Å²) in [7, 11) is 1.84. The van der Waals surface area contributed by atoms with E-state index in [-0.39, 0.29) is 5.69 Å². The Labute approximate surface area is 81.0 Å². The van der Waals surface area contributed by atoms with Crippen LogP contribution in [-0.2, 0) is 13.5 Å². The first kappa shape index (κ1) is 10.1. The summed E-state index contributed by atoms with van der Waals surface area (Å²) in [5, 5.41) is 9.59. The molecule has 0 aliphatic carbocycles. The van der Waals surface area contributed by atoms with E-state index in [4.69, 9.17) is 5.11 Å². The summed E-state index contributed by atoms with van der Waals surface area (Å²) in [5.74, 6) is -0.951. The van der Waals surface area contributed by atoms with E-state index in [2.05, 4.69) is 4.98 Å². The molecular weight excluding hydrogens is 188 g/mol. The quantitative estimate of drug-likeness (QED) is 0.749. The van der Waals surface area contributed by atoms with Gasteiger partial charge in [-0.25, -0.2) is 9.78 Å². The van der Waals surface area contributed by atoms with Gasteiger partial charge < -0.3 is 9.67 Å². The molecule has 0 fully saturated rings. The molecule has 1 heterocycles. The first-order valence-corrected chi connectivity index (χ1v) is 5.17. The van der Waals surface area contributed by atoms with Crippen molar-refractivity contribution in [2.45, 2.75) is 18.5 Å². The normalized spacial score (nSPS) is 10.4. The number of carbonyl (C=O) groups is 1. The lowest BCUT2D eigenvalue weighted by Crippen LogP contribution is -2.03. The number of hydrogen-bond acceptors (Lipinski definition) is 3. The molecule has 0 aliphatic rings. The summed E-state index contributed by atoms with van der Waals surface area (Å²) in [6.45, 7) is 1.92. The number of thioether (sulfide) groups is 1. The summed E-state index contributed by atoms with van der Waals surface area (Å²) >= 11 is 1.45. The summed E-state index contributed by atoms with van der Waals surface area (Å²) in [5.41, 5.74) is 0.950. The molecule has 13 heavy (non-hydrogen) atoms. The van der Waals surface area contributed by atoms with E-state index < -0.39 is 5.97 Å². The molecule has 1 N–H and O–H groups in total. The molecule has 1 rings (SSSR count). The Kier molecular flexibility index (Phi) is 2.98. The van der Waals surface area contributed by atoms with Gasteiger partial charge in [-0.3, -0.25) is 0 Å². The van der Waals surface area contributed by atoms with Gasteiger partial charge in [-0.1, -0.05) is 18.7 Å². The Hall–Kier alpha value is -0.970. The van der Waals surface area contributed by atoms with Crippen LogP contribution in [-0.4, -0.2) is 26.9 Å². The fraction of sp³-hybridized carbons (Fsp3) is 0.500. The Morgan fingerprint density at radius 2 is 2.31 bits per heavy atom. The maximum atomic E-state index is 10.8. The van der Waals surface area contributed by atoms with Crippen molar-refractivity contribution in [3.8, 4) is 0 Å². The number of hydrogen-bond donors (Lipinski definition) is 1. The van der Waals surface area contributed by atoms with Crippen LogP contribution in [0.5, 0.6) is 0 Å². The molecule has 0 amide bonds. The van der Waals surface area contributed by atoms with Crippen LogP contribution in [0.3, 0.4) is 0 Å². The number of carboxylic acid groups (broad SMARTS) is 1. The molecule has 0 bridgehead atoms. The number of carboxylic acids is 1. The van der Waals surface area contributed by atoms with Crippen molar-refractivity contribution in [1.82, 2.24) is 9.55 Å². The molecule has 0 aromatic carbocycles. The fourth-order valence-electron chi connectivity index (χ4n) is 1.27. The lowest BCUT2D eigenvalue weighted by molar-refractivity contribution is 0.0689. The second-order valence-corrected chi connectivity index (χ2v) is 3.38. The number of imidazole rings is 1. The van der Waals surface area contributed by atoms with Crippen molar-refractivity contribution < 1.29 is 9.90 Å². The highest BCUT2D eigenvalue weighted by Gasteiger charge is 2.17. The zero-order valence-corrected chi connectivity index (χ0v) is 8.68. The first-order chi connectivity index (χ1) is 6.11. The van der Waals surface area contributed by atoms with E-state index >= 15 is 0 Å². The molecule has 4 nitrogen and oxygen atoms in total. The van der Waals surface area contributed by atoms with E-state index in [0.717, 1.165) is 10.9 Å². The third-order valence-corrected chi connectivity index (χ3v) is 2.62. The van der Waals surface area contributed by atoms with Crippen molar-refractivity contribution >= 4 is 17.7 Å². The predicted molar refractivity (Wildman–Crippen MR) is 51.3 cm³/mol. The van der Waals surface area contributed by atoms with E-state index in [9.17, 15) is 4.79 Å². The first-order valence-electron chi connectivity index (χ1n) is 3.94. The van der Waals surface area contributed by atoms with Crippen LogP contribution in [0, 0.1) is 0 Å². The monoisotopic (exact) mass is 200 g/mol. The molecule has 72 valence electrons. The molecule has 1 aromatic rings. The van der Waals surface area contributed by atoms with Crippen LogP contribution in [0.1, 0.15) is 23.1 Å². The largest absolute Gasteiger partial charge is 0.476 e. The Bertz CT molecular complexity index is 333. The highest BCUT2D eigenvalue weighted by atomic mass is 32.2. The van der Waals surface area contributed by atoms with E-state index in [0.29, 0.717) is 6.42 Å². The topological polar surface area (TPSA) is 55.1 Å². The lowest BCUT2D eigenvalue weighted by atomic mass is 10.2. The number of aromatic carboxylic acids is 1. The Morgan fingerprint density at radius 1 is 1.69 bits per heavy atom. The summed E-state index contributed by atoms with van der Waals surface area (Å²) in [6.07, 6.45) is 2.57. The smallest absolute Gasteiger partial charge is 0.356 e. The number of nitrogens with zero attached hydrogens (tertiary/aromatic N) is 2. The van der Waals surface area contributed by atoms with Crippen molar-refractivity contribution in [2.24, 2.45) is 7.05 Å². The van der Waals surface area contributed by atoms with E-state index in [1.807, 2.05) is 24.8 Å². The third-order valence-electron chi connectivity index (χ3n) is 1.89. The van der Waals surface area contributed by atoms with Gasteiger partial charge in [0.2, 0.25) is 0 Å². The predicted octanol–water partition coefficient (Wildman–Crippen LogP) is 1.40. The van der Waals surface area contributed by atoms with Gasteiger partial charge in [0.1, 0.15) is 0 Å². The molecule has 5 heteroatoms. The van der Waals surface area contributed by atoms with Crippen molar-refractivity contribution in [3.63, 3.8) is 0 Å². The van der Waals surface area contributed by atoms with Gasteiger partial charge >= 0.3 is 5.97 Å². The minimum atomic E-state index is -0.951. The van der Waals surface area contributed by atoms with Crippen LogP contribution in [0.4, 0.5) is 0 Å². The minimum absolute atomic E-state index is 0.175. The van der Waals surface area contributed by atoms with Crippen molar-refractivity contribution in [1.29, 1.82) is 0 Å². The molecule has 0 aliphatic heterocycles. The average molecular weight is 200 g/mol. The van der Waals surface area contributed by atoms with Gasteiger partial charge in [-0.2, -0.15) is 0 Å². The lowest BCUT2D eigenvalue weighted by Gasteiger charge is -2.00. The van der Waals surface area contributed by atoms with Crippen molar-refractivity contribution in [3.05, 3.63) is 11.4 Å². The van der Waals surface area contributed by atoms with Gasteiger partial charge in [0, 0.05) is 7.05 Å². The number of rotatable bonds is 3. The molecule has 1 aromatic heterocycles. The zero-order valence-electron chi connectivity index (χ0n) is 7.87. The van der Waals surface area contributed by atoms with Gasteiger partial charge in [0.05, 0.1) is 5.69 Å². The Balaban J connectivity index is 3.27. The Morgan fingerprint density at radius 3 is 2.62 bits per heavy atom.